The number of aromatic nitrogens is 2. The fraction of sp³-hybridized carbons (Fsp3) is 0.818. The molecule has 13 atom stereocenters. The number of rotatable bonds is 10. The first-order valence-electron chi connectivity index (χ1n) is 12.5. The molecule has 0 radical (unpaired) electrons. The van der Waals surface area contributed by atoms with Crippen molar-refractivity contribution in [1.29, 1.82) is 0 Å². The Morgan fingerprint density at radius 2 is 1.65 bits per heavy atom. The van der Waals surface area contributed by atoms with Gasteiger partial charge < -0.3 is 75.0 Å². The Balaban J connectivity index is 1.30. The molecule has 18 heteroatoms. The molecule has 18 nitrogen and oxygen atoms in total. The van der Waals surface area contributed by atoms with Crippen molar-refractivity contribution in [2.45, 2.75) is 86.3 Å². The topological polar surface area (TPSA) is 278 Å². The summed E-state index contributed by atoms with van der Waals surface area (Å²) in [7, 11) is 0. The van der Waals surface area contributed by atoms with Gasteiger partial charge in [-0.1, -0.05) is 0 Å². The molecule has 1 aromatic heterocycles. The Morgan fingerprint density at radius 1 is 0.900 bits per heavy atom. The SMILES string of the molecule is Nc1ccn(C2CC(O)C(COCOC3C(COC4OC(CO)C(O)C(O)C4O)OC(O)C(O)C3O)O2)c(=O)n1. The lowest BCUT2D eigenvalue weighted by atomic mass is 9.98. The summed E-state index contributed by atoms with van der Waals surface area (Å²) in [5, 5.41) is 80.0. The number of nitrogens with two attached hydrogens (primary N) is 1. The Hall–Kier alpha value is -1.88. The first kappa shape index (κ1) is 31.1. The maximum absolute atomic E-state index is 12.0. The van der Waals surface area contributed by atoms with E-state index in [4.69, 9.17) is 34.2 Å². The molecule has 0 spiro atoms. The van der Waals surface area contributed by atoms with Crippen molar-refractivity contribution < 1.29 is 69.3 Å². The maximum Gasteiger partial charge on any atom is 0.351 e. The van der Waals surface area contributed by atoms with Crippen LogP contribution in [0.4, 0.5) is 5.82 Å². The van der Waals surface area contributed by atoms with Gasteiger partial charge in [-0.15, -0.1) is 0 Å². The molecule has 3 aliphatic heterocycles. The van der Waals surface area contributed by atoms with Crippen molar-refractivity contribution in [3.05, 3.63) is 22.7 Å². The van der Waals surface area contributed by atoms with E-state index in [1.54, 1.807) is 0 Å². The van der Waals surface area contributed by atoms with Crippen LogP contribution in [0, 0.1) is 0 Å². The van der Waals surface area contributed by atoms with Gasteiger partial charge >= 0.3 is 5.69 Å². The minimum atomic E-state index is -1.82. The molecule has 3 aliphatic rings. The minimum Gasteiger partial charge on any atom is -0.394 e. The molecule has 0 aliphatic carbocycles. The van der Waals surface area contributed by atoms with Crippen molar-refractivity contribution in [3.8, 4) is 0 Å². The van der Waals surface area contributed by atoms with Gasteiger partial charge in [0.2, 0.25) is 0 Å². The lowest BCUT2D eigenvalue weighted by molar-refractivity contribution is -0.333. The van der Waals surface area contributed by atoms with Gasteiger partial charge in [0.25, 0.3) is 0 Å². The van der Waals surface area contributed by atoms with Gasteiger partial charge in [-0.2, -0.15) is 4.98 Å². The van der Waals surface area contributed by atoms with Crippen molar-refractivity contribution >= 4 is 5.82 Å². The third kappa shape index (κ3) is 6.77. The second-order valence-corrected chi connectivity index (χ2v) is 9.67. The zero-order chi connectivity index (χ0) is 29.1. The highest BCUT2D eigenvalue weighted by atomic mass is 16.7. The second kappa shape index (κ2) is 13.4. The van der Waals surface area contributed by atoms with Gasteiger partial charge in [-0.25, -0.2) is 4.79 Å². The fourth-order valence-electron chi connectivity index (χ4n) is 4.63. The predicted octanol–water partition coefficient (Wildman–Crippen LogP) is -5.91. The molecule has 10 N–H and O–H groups in total. The highest BCUT2D eigenvalue weighted by Gasteiger charge is 2.48. The van der Waals surface area contributed by atoms with Crippen LogP contribution in [0.3, 0.4) is 0 Å². The molecule has 40 heavy (non-hydrogen) atoms. The zero-order valence-corrected chi connectivity index (χ0v) is 21.1. The van der Waals surface area contributed by atoms with E-state index in [1.807, 2.05) is 0 Å². The summed E-state index contributed by atoms with van der Waals surface area (Å²) in [5.41, 5.74) is 4.84. The number of anilines is 1. The molecule has 228 valence electrons. The van der Waals surface area contributed by atoms with E-state index in [0.29, 0.717) is 0 Å². The lowest BCUT2D eigenvalue weighted by Gasteiger charge is -2.42. The van der Waals surface area contributed by atoms with Gasteiger partial charge in [0, 0.05) is 12.6 Å². The number of nitrogen functional groups attached to an aromatic ring is 1. The Kier molecular flexibility index (Phi) is 10.4. The molecule has 3 fully saturated rings. The molecular weight excluding hydrogens is 546 g/mol. The molecule has 0 amide bonds. The molecule has 13 unspecified atom stereocenters. The summed E-state index contributed by atoms with van der Waals surface area (Å²) in [6.45, 7) is -1.85. The average Bonchev–Trinajstić information content (AvgIpc) is 3.28. The van der Waals surface area contributed by atoms with E-state index < -0.39 is 106 Å². The van der Waals surface area contributed by atoms with E-state index in [9.17, 15) is 45.6 Å². The summed E-state index contributed by atoms with van der Waals surface area (Å²) >= 11 is 0. The normalized spacial score (nSPS) is 42.2. The van der Waals surface area contributed by atoms with Gasteiger partial charge in [-0.05, 0) is 6.07 Å². The van der Waals surface area contributed by atoms with Crippen LogP contribution < -0.4 is 11.4 Å². The molecule has 1 aromatic rings. The molecular formula is C22H35N3O15. The number of hydrogen-bond acceptors (Lipinski definition) is 17. The Morgan fingerprint density at radius 3 is 2.35 bits per heavy atom. The fourth-order valence-corrected chi connectivity index (χ4v) is 4.63. The number of aliphatic hydroxyl groups is 8. The lowest BCUT2D eigenvalue weighted by Crippen LogP contribution is -2.62. The van der Waals surface area contributed by atoms with E-state index in [2.05, 4.69) is 4.98 Å². The molecule has 0 bridgehead atoms. The van der Waals surface area contributed by atoms with E-state index in [1.165, 1.54) is 16.8 Å². The molecule has 4 heterocycles. The molecule has 0 aromatic carbocycles. The van der Waals surface area contributed by atoms with E-state index in [-0.39, 0.29) is 18.8 Å². The standard InChI is InChI=1S/C22H35N3O15/c23-12-1-2-25(22(34)24-12)13-3-8(27)10(38-13)5-35-7-37-19-11(39-20(33)17(31)16(19)30)6-36-21-18(32)15(29)14(28)9(4-26)40-21/h1-2,8-11,13-21,26-33H,3-7H2,(H2,23,24,34). The monoisotopic (exact) mass is 581 g/mol. The quantitative estimate of drug-likeness (QED) is 0.0918. The second-order valence-electron chi connectivity index (χ2n) is 9.67. The highest BCUT2D eigenvalue weighted by Crippen LogP contribution is 2.29. The zero-order valence-electron chi connectivity index (χ0n) is 21.1. The van der Waals surface area contributed by atoms with Crippen LogP contribution in [-0.4, -0.2) is 151 Å². The molecule has 3 saturated heterocycles. The summed E-state index contributed by atoms with van der Waals surface area (Å²) in [6, 6.07) is 1.41. The first-order chi connectivity index (χ1) is 19.0. The van der Waals surface area contributed by atoms with Gasteiger partial charge in [0.15, 0.2) is 12.6 Å². The largest absolute Gasteiger partial charge is 0.394 e. The Labute approximate surface area is 226 Å². The van der Waals surface area contributed by atoms with Crippen molar-refractivity contribution in [2.24, 2.45) is 0 Å². The van der Waals surface area contributed by atoms with Crippen LogP contribution in [-0.2, 0) is 28.4 Å². The number of aliphatic hydroxyl groups excluding tert-OH is 8. The van der Waals surface area contributed by atoms with Crippen molar-refractivity contribution in [2.75, 3.05) is 32.3 Å². The summed E-state index contributed by atoms with van der Waals surface area (Å²) < 4.78 is 33.7. The molecule has 4 rings (SSSR count). The predicted molar refractivity (Wildman–Crippen MR) is 126 cm³/mol. The first-order valence-corrected chi connectivity index (χ1v) is 12.5. The summed E-state index contributed by atoms with van der Waals surface area (Å²) in [5.74, 6) is 0.0419. The third-order valence-corrected chi connectivity index (χ3v) is 6.92. The number of hydrogen-bond donors (Lipinski definition) is 9. The van der Waals surface area contributed by atoms with Crippen LogP contribution in [0.25, 0.3) is 0 Å². The van der Waals surface area contributed by atoms with E-state index in [0.717, 1.165) is 0 Å². The van der Waals surface area contributed by atoms with Crippen LogP contribution in [0.2, 0.25) is 0 Å². The van der Waals surface area contributed by atoms with E-state index >= 15 is 0 Å². The smallest absolute Gasteiger partial charge is 0.351 e. The van der Waals surface area contributed by atoms with Gasteiger partial charge in [0.1, 0.15) is 73.8 Å². The van der Waals surface area contributed by atoms with Crippen LogP contribution >= 0.6 is 0 Å². The highest BCUT2D eigenvalue weighted by molar-refractivity contribution is 5.23. The van der Waals surface area contributed by atoms with Gasteiger partial charge in [-0.3, -0.25) is 4.57 Å². The number of nitrogens with zero attached hydrogens (tertiary/aromatic N) is 2. The third-order valence-electron chi connectivity index (χ3n) is 6.92. The Bertz CT molecular complexity index is 1020. The summed E-state index contributed by atoms with van der Waals surface area (Å²) in [4.78, 5) is 15.7. The minimum absolute atomic E-state index is 0.0419. The average molecular weight is 582 g/mol. The van der Waals surface area contributed by atoms with Crippen LogP contribution in [0.5, 0.6) is 0 Å². The number of ether oxygens (including phenoxy) is 6. The van der Waals surface area contributed by atoms with Crippen LogP contribution in [0.1, 0.15) is 12.6 Å². The van der Waals surface area contributed by atoms with Crippen molar-refractivity contribution in [3.63, 3.8) is 0 Å². The van der Waals surface area contributed by atoms with Crippen LogP contribution in [0.15, 0.2) is 17.1 Å². The maximum atomic E-state index is 12.0. The van der Waals surface area contributed by atoms with Gasteiger partial charge in [0.05, 0.1) is 25.9 Å². The summed E-state index contributed by atoms with van der Waals surface area (Å²) in [6.07, 6.45) is -16.7. The van der Waals surface area contributed by atoms with Crippen molar-refractivity contribution in [1.82, 2.24) is 9.55 Å². The molecule has 0 saturated carbocycles.